The van der Waals surface area contributed by atoms with Crippen LogP contribution < -0.4 is 5.32 Å². The van der Waals surface area contributed by atoms with E-state index in [0.29, 0.717) is 5.54 Å². The fourth-order valence-corrected chi connectivity index (χ4v) is 1.16. The molecular formula is C6H10N2. The van der Waals surface area contributed by atoms with Gasteiger partial charge in [0.1, 0.15) is 0 Å². The Hall–Kier alpha value is -0.370. The van der Waals surface area contributed by atoms with E-state index in [4.69, 9.17) is 0 Å². The fourth-order valence-electron chi connectivity index (χ4n) is 1.16. The second-order valence-corrected chi connectivity index (χ2v) is 2.70. The maximum atomic E-state index is 4.20. The number of rotatable bonds is 0. The molecule has 0 aromatic heterocycles. The predicted molar refractivity (Wildman–Crippen MR) is 33.3 cm³/mol. The standard InChI is InChI=1S/C6H10N2/c1-2-6(5-8-6)4-7-3-1/h3,8H,1-2,4-5H2. The Morgan fingerprint density at radius 1 is 1.62 bits per heavy atom. The molecule has 0 aliphatic carbocycles. The van der Waals surface area contributed by atoms with E-state index in [2.05, 4.69) is 10.3 Å². The van der Waals surface area contributed by atoms with Crippen LogP contribution in [0.25, 0.3) is 0 Å². The normalized spacial score (nSPS) is 43.0. The number of hydrogen-bond acceptors (Lipinski definition) is 2. The van der Waals surface area contributed by atoms with Crippen LogP contribution in [0.2, 0.25) is 0 Å². The lowest BCUT2D eigenvalue weighted by Gasteiger charge is -2.11. The zero-order valence-electron chi connectivity index (χ0n) is 4.85. The van der Waals surface area contributed by atoms with Gasteiger partial charge in [0.05, 0.1) is 12.1 Å². The largest absolute Gasteiger partial charge is 0.307 e. The van der Waals surface area contributed by atoms with Crippen molar-refractivity contribution in [1.82, 2.24) is 5.32 Å². The second-order valence-electron chi connectivity index (χ2n) is 2.70. The Morgan fingerprint density at radius 2 is 2.50 bits per heavy atom. The quantitative estimate of drug-likeness (QED) is 0.444. The molecule has 1 fully saturated rings. The average molecular weight is 110 g/mol. The zero-order valence-corrected chi connectivity index (χ0v) is 4.85. The van der Waals surface area contributed by atoms with Crippen LogP contribution in [0.15, 0.2) is 4.99 Å². The minimum Gasteiger partial charge on any atom is -0.307 e. The smallest absolute Gasteiger partial charge is 0.0580 e. The SMILES string of the molecule is C1=NCC2(CC1)CN2. The van der Waals surface area contributed by atoms with Crippen LogP contribution >= 0.6 is 0 Å². The third-order valence-corrected chi connectivity index (χ3v) is 1.95. The maximum Gasteiger partial charge on any atom is 0.0580 e. The van der Waals surface area contributed by atoms with Crippen molar-refractivity contribution in [2.45, 2.75) is 18.4 Å². The molecule has 0 bridgehead atoms. The lowest BCUT2D eigenvalue weighted by Crippen LogP contribution is -2.22. The van der Waals surface area contributed by atoms with Crippen molar-refractivity contribution in [2.24, 2.45) is 4.99 Å². The molecule has 1 spiro atoms. The molecule has 1 saturated heterocycles. The van der Waals surface area contributed by atoms with Gasteiger partial charge in [0, 0.05) is 6.54 Å². The Labute approximate surface area is 49.0 Å². The number of aliphatic imine (C=N–C) groups is 1. The van der Waals surface area contributed by atoms with Gasteiger partial charge < -0.3 is 5.32 Å². The van der Waals surface area contributed by atoms with Crippen molar-refractivity contribution < 1.29 is 0 Å². The lowest BCUT2D eigenvalue weighted by atomic mass is 10.0. The van der Waals surface area contributed by atoms with Crippen LogP contribution in [0.4, 0.5) is 0 Å². The van der Waals surface area contributed by atoms with Gasteiger partial charge in [-0.1, -0.05) is 0 Å². The van der Waals surface area contributed by atoms with Gasteiger partial charge in [-0.25, -0.2) is 0 Å². The molecule has 1 unspecified atom stereocenters. The molecule has 0 radical (unpaired) electrons. The van der Waals surface area contributed by atoms with E-state index >= 15 is 0 Å². The maximum absolute atomic E-state index is 4.20. The van der Waals surface area contributed by atoms with Crippen molar-refractivity contribution in [2.75, 3.05) is 13.1 Å². The molecule has 44 valence electrons. The number of nitrogens with zero attached hydrogens (tertiary/aromatic N) is 1. The summed E-state index contributed by atoms with van der Waals surface area (Å²) in [5.74, 6) is 0. The predicted octanol–water partition coefficient (Wildman–Crippen LogP) is 0.193. The van der Waals surface area contributed by atoms with Gasteiger partial charge in [-0.2, -0.15) is 0 Å². The van der Waals surface area contributed by atoms with Crippen LogP contribution in [0.1, 0.15) is 12.8 Å². The van der Waals surface area contributed by atoms with Crippen LogP contribution in [-0.2, 0) is 0 Å². The van der Waals surface area contributed by atoms with Gasteiger partial charge in [0.2, 0.25) is 0 Å². The van der Waals surface area contributed by atoms with E-state index in [1.165, 1.54) is 19.4 Å². The first kappa shape index (κ1) is 4.50. The molecule has 2 nitrogen and oxygen atoms in total. The molecule has 2 aliphatic rings. The van der Waals surface area contributed by atoms with Crippen LogP contribution in [-0.4, -0.2) is 24.8 Å². The number of nitrogens with one attached hydrogen (secondary N) is 1. The molecule has 2 heterocycles. The van der Waals surface area contributed by atoms with Crippen molar-refractivity contribution in [3.8, 4) is 0 Å². The third kappa shape index (κ3) is 0.564. The van der Waals surface area contributed by atoms with Crippen LogP contribution in [0.3, 0.4) is 0 Å². The molecule has 1 atom stereocenters. The first-order valence-electron chi connectivity index (χ1n) is 3.15. The van der Waals surface area contributed by atoms with E-state index in [0.717, 1.165) is 6.54 Å². The van der Waals surface area contributed by atoms with Gasteiger partial charge in [-0.05, 0) is 19.1 Å². The summed E-state index contributed by atoms with van der Waals surface area (Å²) in [5.41, 5.74) is 0.481. The fraction of sp³-hybridized carbons (Fsp3) is 0.833. The topological polar surface area (TPSA) is 34.3 Å². The molecule has 2 heteroatoms. The van der Waals surface area contributed by atoms with E-state index < -0.39 is 0 Å². The second kappa shape index (κ2) is 1.32. The minimum absolute atomic E-state index is 0.481. The summed E-state index contributed by atoms with van der Waals surface area (Å²) < 4.78 is 0. The molecule has 1 N–H and O–H groups in total. The molecule has 0 saturated carbocycles. The Kier molecular flexibility index (Phi) is 0.742. The highest BCUT2D eigenvalue weighted by molar-refractivity contribution is 5.59. The number of hydrogen-bond donors (Lipinski definition) is 1. The van der Waals surface area contributed by atoms with Gasteiger partial charge in [-0.3, -0.25) is 4.99 Å². The first-order chi connectivity index (χ1) is 3.91. The van der Waals surface area contributed by atoms with Crippen molar-refractivity contribution >= 4 is 6.21 Å². The van der Waals surface area contributed by atoms with E-state index in [1.807, 2.05) is 6.21 Å². The molecule has 2 aliphatic heterocycles. The zero-order chi connectivity index (χ0) is 5.45. The molecular weight excluding hydrogens is 100 g/mol. The molecule has 8 heavy (non-hydrogen) atoms. The molecule has 0 amide bonds. The first-order valence-corrected chi connectivity index (χ1v) is 3.15. The summed E-state index contributed by atoms with van der Waals surface area (Å²) in [6.45, 7) is 2.22. The third-order valence-electron chi connectivity index (χ3n) is 1.95. The Morgan fingerprint density at radius 3 is 2.88 bits per heavy atom. The highest BCUT2D eigenvalue weighted by Gasteiger charge is 2.41. The van der Waals surface area contributed by atoms with Gasteiger partial charge >= 0.3 is 0 Å². The molecule has 0 aromatic carbocycles. The summed E-state index contributed by atoms with van der Waals surface area (Å²) in [6.07, 6.45) is 4.51. The minimum atomic E-state index is 0.481. The average Bonchev–Trinajstić information content (AvgIpc) is 2.52. The molecule has 0 aromatic rings. The summed E-state index contributed by atoms with van der Waals surface area (Å²) in [7, 11) is 0. The lowest BCUT2D eigenvalue weighted by molar-refractivity contribution is 0.581. The Balaban J connectivity index is 2.08. The van der Waals surface area contributed by atoms with Gasteiger partial charge in [0.25, 0.3) is 0 Å². The summed E-state index contributed by atoms with van der Waals surface area (Å²) in [5, 5.41) is 3.34. The van der Waals surface area contributed by atoms with Crippen LogP contribution in [0, 0.1) is 0 Å². The van der Waals surface area contributed by atoms with E-state index in [9.17, 15) is 0 Å². The summed E-state index contributed by atoms with van der Waals surface area (Å²) >= 11 is 0. The summed E-state index contributed by atoms with van der Waals surface area (Å²) in [4.78, 5) is 4.20. The van der Waals surface area contributed by atoms with Crippen molar-refractivity contribution in [3.63, 3.8) is 0 Å². The van der Waals surface area contributed by atoms with Gasteiger partial charge in [-0.15, -0.1) is 0 Å². The van der Waals surface area contributed by atoms with E-state index in [-0.39, 0.29) is 0 Å². The van der Waals surface area contributed by atoms with Gasteiger partial charge in [0.15, 0.2) is 0 Å². The highest BCUT2D eigenvalue weighted by atomic mass is 15.2. The van der Waals surface area contributed by atoms with Crippen molar-refractivity contribution in [3.05, 3.63) is 0 Å². The van der Waals surface area contributed by atoms with Crippen LogP contribution in [0.5, 0.6) is 0 Å². The van der Waals surface area contributed by atoms with E-state index in [1.54, 1.807) is 0 Å². The molecule has 2 rings (SSSR count). The highest BCUT2D eigenvalue weighted by Crippen LogP contribution is 2.25. The monoisotopic (exact) mass is 110 g/mol. The summed E-state index contributed by atoms with van der Waals surface area (Å²) in [6, 6.07) is 0. The van der Waals surface area contributed by atoms with Crippen molar-refractivity contribution in [1.29, 1.82) is 0 Å². The Bertz CT molecular complexity index is 124.